The quantitative estimate of drug-likeness (QED) is 0.268. The van der Waals surface area contributed by atoms with Crippen molar-refractivity contribution in [1.29, 1.82) is 0 Å². The van der Waals surface area contributed by atoms with Crippen LogP contribution in [0.25, 0.3) is 6.08 Å². The van der Waals surface area contributed by atoms with Crippen LogP contribution < -0.4 is 19.9 Å². The molecule has 3 aromatic rings. The Kier molecular flexibility index (Phi) is 8.25. The van der Waals surface area contributed by atoms with Gasteiger partial charge in [-0.25, -0.2) is 4.39 Å². The van der Waals surface area contributed by atoms with E-state index in [0.29, 0.717) is 31.9 Å². The first-order valence-electron chi connectivity index (χ1n) is 11.7. The maximum atomic E-state index is 13.4. The van der Waals surface area contributed by atoms with E-state index >= 15 is 0 Å². The molecule has 0 spiro atoms. The van der Waals surface area contributed by atoms with Crippen molar-refractivity contribution >= 4 is 63.3 Å². The normalized spacial score (nSPS) is 14.3. The van der Waals surface area contributed by atoms with E-state index in [0.717, 1.165) is 24.3 Å². The number of amides is 2. The van der Waals surface area contributed by atoms with E-state index in [9.17, 15) is 14.0 Å². The Bertz CT molecular complexity index is 1370. The molecule has 0 aliphatic carbocycles. The molecule has 0 radical (unpaired) electrons. The Balaban J connectivity index is 1.57. The van der Waals surface area contributed by atoms with Gasteiger partial charge >= 0.3 is 0 Å². The second-order valence-corrected chi connectivity index (χ2v) is 9.80. The Labute approximate surface area is 225 Å². The van der Waals surface area contributed by atoms with Crippen LogP contribution in [0.15, 0.2) is 71.6 Å². The van der Waals surface area contributed by atoms with Crippen molar-refractivity contribution in [3.8, 4) is 5.75 Å². The van der Waals surface area contributed by atoms with Crippen LogP contribution in [0.3, 0.4) is 0 Å². The smallest absolute Gasteiger partial charge is 0.270 e. The van der Waals surface area contributed by atoms with Crippen LogP contribution in [0.1, 0.15) is 29.8 Å². The molecule has 190 valence electrons. The van der Waals surface area contributed by atoms with Crippen LogP contribution in [0.5, 0.6) is 5.75 Å². The highest BCUT2D eigenvalue weighted by Crippen LogP contribution is 2.38. The molecule has 6 nitrogen and oxygen atoms in total. The van der Waals surface area contributed by atoms with Gasteiger partial charge in [0.25, 0.3) is 11.8 Å². The molecule has 4 rings (SSSR count). The molecule has 9 heteroatoms. The molecule has 3 aromatic carbocycles. The molecule has 0 atom stereocenters. The Morgan fingerprint density at radius 1 is 1.11 bits per heavy atom. The van der Waals surface area contributed by atoms with Crippen LogP contribution in [-0.4, -0.2) is 36.3 Å². The van der Waals surface area contributed by atoms with Crippen molar-refractivity contribution in [3.63, 3.8) is 0 Å². The lowest BCUT2D eigenvalue weighted by Crippen LogP contribution is -2.27. The molecule has 0 aromatic heterocycles. The van der Waals surface area contributed by atoms with Crippen LogP contribution in [0.4, 0.5) is 21.5 Å². The Morgan fingerprint density at radius 2 is 1.84 bits per heavy atom. The monoisotopic (exact) mass is 535 g/mol. The second-order valence-electron chi connectivity index (χ2n) is 8.13. The van der Waals surface area contributed by atoms with Gasteiger partial charge in [0.05, 0.1) is 17.7 Å². The van der Waals surface area contributed by atoms with Crippen LogP contribution in [-0.2, 0) is 4.79 Å². The highest BCUT2D eigenvalue weighted by Gasteiger charge is 2.34. The van der Waals surface area contributed by atoms with Gasteiger partial charge < -0.3 is 15.0 Å². The molecule has 0 unspecified atom stereocenters. The van der Waals surface area contributed by atoms with Crippen molar-refractivity contribution in [2.45, 2.75) is 13.8 Å². The summed E-state index contributed by atoms with van der Waals surface area (Å²) in [6, 6.07) is 18.0. The third-order valence-electron chi connectivity index (χ3n) is 5.89. The van der Waals surface area contributed by atoms with E-state index in [1.165, 1.54) is 40.9 Å². The van der Waals surface area contributed by atoms with Gasteiger partial charge in [0.2, 0.25) is 0 Å². The minimum absolute atomic E-state index is 0.277. The van der Waals surface area contributed by atoms with Crippen LogP contribution in [0.2, 0.25) is 0 Å². The summed E-state index contributed by atoms with van der Waals surface area (Å²) < 4.78 is 19.1. The molecule has 1 N–H and O–H groups in total. The number of hydrogen-bond acceptors (Lipinski definition) is 6. The van der Waals surface area contributed by atoms with Gasteiger partial charge in [0.15, 0.2) is 4.32 Å². The summed E-state index contributed by atoms with van der Waals surface area (Å²) in [6.45, 7) is 5.94. The van der Waals surface area contributed by atoms with Crippen LogP contribution in [0, 0.1) is 5.82 Å². The van der Waals surface area contributed by atoms with E-state index in [2.05, 4.69) is 24.1 Å². The van der Waals surface area contributed by atoms with Gasteiger partial charge in [-0.2, -0.15) is 0 Å². The summed E-state index contributed by atoms with van der Waals surface area (Å²) in [4.78, 5) is 30.2. The average molecular weight is 536 g/mol. The first-order chi connectivity index (χ1) is 17.8. The Morgan fingerprint density at radius 3 is 2.51 bits per heavy atom. The molecular weight excluding hydrogens is 509 g/mol. The number of rotatable bonds is 8. The predicted octanol–water partition coefficient (Wildman–Crippen LogP) is 6.34. The number of carbonyl (C=O) groups excluding carboxylic acids is 2. The van der Waals surface area contributed by atoms with Gasteiger partial charge in [-0.3, -0.25) is 14.5 Å². The zero-order valence-electron chi connectivity index (χ0n) is 20.7. The average Bonchev–Trinajstić information content (AvgIpc) is 3.19. The van der Waals surface area contributed by atoms with Gasteiger partial charge in [-0.1, -0.05) is 30.0 Å². The zero-order valence-corrected chi connectivity index (χ0v) is 22.3. The summed E-state index contributed by atoms with van der Waals surface area (Å²) in [5.74, 6) is -0.387. The van der Waals surface area contributed by atoms with Crippen molar-refractivity contribution in [3.05, 3.63) is 88.6 Å². The van der Waals surface area contributed by atoms with Gasteiger partial charge in [-0.05, 0) is 74.5 Å². The van der Waals surface area contributed by atoms with E-state index in [1.54, 1.807) is 37.5 Å². The number of anilines is 3. The Hall–Kier alpha value is -3.69. The molecule has 0 bridgehead atoms. The highest BCUT2D eigenvalue weighted by molar-refractivity contribution is 8.27. The number of benzene rings is 3. The third-order valence-corrected chi connectivity index (χ3v) is 7.20. The van der Waals surface area contributed by atoms with Gasteiger partial charge in [0, 0.05) is 41.7 Å². The molecule has 1 heterocycles. The lowest BCUT2D eigenvalue weighted by atomic mass is 10.1. The van der Waals surface area contributed by atoms with Crippen molar-refractivity contribution in [2.24, 2.45) is 0 Å². The lowest BCUT2D eigenvalue weighted by molar-refractivity contribution is -0.113. The highest BCUT2D eigenvalue weighted by atomic mass is 32.2. The topological polar surface area (TPSA) is 61.9 Å². The summed E-state index contributed by atoms with van der Waals surface area (Å²) in [6.07, 6.45) is 1.77. The van der Waals surface area contributed by atoms with Crippen molar-refractivity contribution in [2.75, 3.05) is 35.3 Å². The van der Waals surface area contributed by atoms with E-state index in [-0.39, 0.29) is 17.6 Å². The minimum Gasteiger partial charge on any atom is -0.496 e. The fraction of sp³-hybridized carbons (Fsp3) is 0.179. The number of thioether (sulfide) groups is 1. The predicted molar refractivity (Wildman–Crippen MR) is 153 cm³/mol. The number of halogens is 1. The summed E-state index contributed by atoms with van der Waals surface area (Å²) in [5, 5.41) is 2.72. The van der Waals surface area contributed by atoms with Gasteiger partial charge in [0.1, 0.15) is 11.6 Å². The molecule has 1 saturated heterocycles. The molecule has 0 saturated carbocycles. The standard InChI is InChI=1S/C28H26FN3O3S2/c1-4-31(5-2)22-14-9-18(24(17-22)35-3)16-25-27(34)32(28(36)37-25)23-8-6-7-19(15-23)26(33)30-21-12-10-20(29)11-13-21/h6-17H,4-5H2,1-3H3,(H,30,33)/b25-16+. The summed E-state index contributed by atoms with van der Waals surface area (Å²) >= 11 is 6.72. The number of hydrogen-bond donors (Lipinski definition) is 1. The number of carbonyl (C=O) groups is 2. The van der Waals surface area contributed by atoms with Gasteiger partial charge in [-0.15, -0.1) is 0 Å². The first kappa shape index (κ1) is 26.4. The summed E-state index contributed by atoms with van der Waals surface area (Å²) in [5.41, 5.74) is 3.11. The fourth-order valence-corrected chi connectivity index (χ4v) is 5.25. The fourth-order valence-electron chi connectivity index (χ4n) is 3.96. The van der Waals surface area contributed by atoms with E-state index in [4.69, 9.17) is 17.0 Å². The molecular formula is C28H26FN3O3S2. The lowest BCUT2D eigenvalue weighted by Gasteiger charge is -2.22. The third kappa shape index (κ3) is 5.84. The van der Waals surface area contributed by atoms with Crippen LogP contribution >= 0.6 is 24.0 Å². The first-order valence-corrected chi connectivity index (χ1v) is 12.9. The zero-order chi connectivity index (χ0) is 26.5. The second kappa shape index (κ2) is 11.6. The largest absolute Gasteiger partial charge is 0.496 e. The molecule has 2 amide bonds. The number of thiocarbonyl (C=S) groups is 1. The molecule has 1 fully saturated rings. The molecule has 1 aliphatic heterocycles. The SMILES string of the molecule is CCN(CC)c1ccc(/C=C2/SC(=S)N(c3cccc(C(=O)Nc4ccc(F)cc4)c3)C2=O)c(OC)c1. The number of nitrogens with zero attached hydrogens (tertiary/aromatic N) is 2. The van der Waals surface area contributed by atoms with E-state index in [1.807, 2.05) is 18.2 Å². The maximum absolute atomic E-state index is 13.4. The molecule has 37 heavy (non-hydrogen) atoms. The summed E-state index contributed by atoms with van der Waals surface area (Å²) in [7, 11) is 1.60. The van der Waals surface area contributed by atoms with Crippen molar-refractivity contribution in [1.82, 2.24) is 0 Å². The van der Waals surface area contributed by atoms with E-state index < -0.39 is 0 Å². The number of methoxy groups -OCH3 is 1. The molecule has 1 aliphatic rings. The number of ether oxygens (including phenoxy) is 1. The minimum atomic E-state index is -0.389. The maximum Gasteiger partial charge on any atom is 0.270 e. The number of nitrogens with one attached hydrogen (secondary N) is 1. The van der Waals surface area contributed by atoms with Crippen molar-refractivity contribution < 1.29 is 18.7 Å².